The molecule has 3 heterocycles. The van der Waals surface area contributed by atoms with Gasteiger partial charge in [0.25, 0.3) is 5.91 Å². The van der Waals surface area contributed by atoms with E-state index >= 15 is 0 Å². The molecule has 0 saturated carbocycles. The number of benzene rings is 2. The van der Waals surface area contributed by atoms with Crippen molar-refractivity contribution in [2.45, 2.75) is 43.9 Å². The zero-order valence-electron chi connectivity index (χ0n) is 22.9. The number of phenolic OH excluding ortho intramolecular Hbond substituents is 2. The molecule has 12 N–H and O–H groups in total. The molecule has 2 saturated heterocycles. The lowest BCUT2D eigenvalue weighted by atomic mass is 10.0. The number of carbonyl (C=O) groups is 1. The highest BCUT2D eigenvalue weighted by Crippen LogP contribution is 2.28. The van der Waals surface area contributed by atoms with Gasteiger partial charge < -0.3 is 53.6 Å². The van der Waals surface area contributed by atoms with Crippen molar-refractivity contribution < 1.29 is 15.0 Å². The number of nitrogens with two attached hydrogens (primary N) is 4. The van der Waals surface area contributed by atoms with Gasteiger partial charge in [-0.05, 0) is 55.7 Å². The van der Waals surface area contributed by atoms with Crippen LogP contribution in [-0.4, -0.2) is 81.4 Å². The van der Waals surface area contributed by atoms with Crippen LogP contribution >= 0.6 is 0 Å². The highest BCUT2D eigenvalue weighted by molar-refractivity contribution is 6.06. The molecular weight excluding hydrogens is 526 g/mol. The molecule has 14 heteroatoms. The fourth-order valence-corrected chi connectivity index (χ4v) is 5.29. The summed E-state index contributed by atoms with van der Waals surface area (Å²) in [6.07, 6.45) is 1.45. The van der Waals surface area contributed by atoms with Gasteiger partial charge in [-0.3, -0.25) is 4.79 Å². The monoisotopic (exact) mass is 563 g/mol. The number of aryl methyl sites for hydroxylation is 1. The van der Waals surface area contributed by atoms with Gasteiger partial charge in [0, 0.05) is 67.8 Å². The third kappa shape index (κ3) is 6.74. The average Bonchev–Trinajstić information content (AvgIpc) is 2.89. The summed E-state index contributed by atoms with van der Waals surface area (Å²) in [6, 6.07) is 8.78. The van der Waals surface area contributed by atoms with Crippen LogP contribution in [0.15, 0.2) is 36.4 Å². The molecule has 3 aromatic rings. The van der Waals surface area contributed by atoms with Crippen molar-refractivity contribution in [2.24, 2.45) is 22.9 Å². The number of nitrogens with zero attached hydrogens (tertiary/aromatic N) is 5. The van der Waals surface area contributed by atoms with Crippen LogP contribution in [0.5, 0.6) is 11.5 Å². The van der Waals surface area contributed by atoms with E-state index in [9.17, 15) is 15.0 Å². The summed E-state index contributed by atoms with van der Waals surface area (Å²) >= 11 is 0. The van der Waals surface area contributed by atoms with Crippen LogP contribution in [0.4, 0.5) is 29.2 Å². The number of amides is 1. The number of phenols is 2. The number of aromatic hydroxyl groups is 2. The zero-order chi connectivity index (χ0) is 29.3. The molecule has 0 bridgehead atoms. The molecule has 2 aliphatic rings. The Morgan fingerprint density at radius 1 is 0.829 bits per heavy atom. The van der Waals surface area contributed by atoms with E-state index in [0.717, 1.165) is 24.5 Å². The second-order valence-electron chi connectivity index (χ2n) is 10.9. The maximum absolute atomic E-state index is 12.7. The van der Waals surface area contributed by atoms with Gasteiger partial charge in [0.05, 0.1) is 5.56 Å². The molecule has 0 radical (unpaired) electrons. The Kier molecular flexibility index (Phi) is 8.08. The van der Waals surface area contributed by atoms with Gasteiger partial charge in [0.2, 0.25) is 17.8 Å². The molecule has 0 aliphatic carbocycles. The van der Waals surface area contributed by atoms with Crippen LogP contribution in [-0.2, 0) is 0 Å². The highest BCUT2D eigenvalue weighted by Gasteiger charge is 2.29. The van der Waals surface area contributed by atoms with E-state index in [2.05, 4.69) is 20.6 Å². The maximum Gasteiger partial charge on any atom is 0.259 e. The SMILES string of the molecule is Cc1cc(Nc2nc(N3C[C@H](N)C[C@H](N)C3)nc(N3C[C@H](N)C[C@H](N)C3)n2)ccc1NC(=O)c1ccc(O)cc1O. The predicted molar refractivity (Wildman–Crippen MR) is 158 cm³/mol. The summed E-state index contributed by atoms with van der Waals surface area (Å²) in [7, 11) is 0. The Morgan fingerprint density at radius 2 is 1.39 bits per heavy atom. The molecule has 2 aromatic carbocycles. The Morgan fingerprint density at radius 3 is 1.90 bits per heavy atom. The first-order chi connectivity index (χ1) is 19.5. The van der Waals surface area contributed by atoms with E-state index in [1.807, 2.05) is 22.8 Å². The van der Waals surface area contributed by atoms with Crippen molar-refractivity contribution in [1.29, 1.82) is 0 Å². The van der Waals surface area contributed by atoms with Crippen LogP contribution < -0.4 is 43.4 Å². The molecule has 0 unspecified atom stereocenters. The summed E-state index contributed by atoms with van der Waals surface area (Å²) in [4.78, 5) is 30.8. The van der Waals surface area contributed by atoms with Crippen molar-refractivity contribution in [3.05, 3.63) is 47.5 Å². The van der Waals surface area contributed by atoms with Gasteiger partial charge in [-0.25, -0.2) is 0 Å². The third-order valence-electron chi connectivity index (χ3n) is 7.16. The molecule has 2 fully saturated rings. The van der Waals surface area contributed by atoms with Gasteiger partial charge in [-0.1, -0.05) is 0 Å². The standard InChI is InChI=1S/C27H37N11O3/c1-14-6-19(2-5-22(14)33-24(41)21-4-3-20(39)9-23(21)40)32-25-34-26(37-10-15(28)7-16(29)11-37)36-27(35-25)38-12-17(30)8-18(31)13-38/h2-6,9,15-18,39-40H,7-8,10-13,28-31H2,1H3,(H,33,41)(H,32,34,35,36)/t15-,16+,17-,18+. The van der Waals surface area contributed by atoms with E-state index in [1.165, 1.54) is 12.1 Å². The van der Waals surface area contributed by atoms with Gasteiger partial charge >= 0.3 is 0 Å². The van der Waals surface area contributed by atoms with Crippen LogP contribution in [0, 0.1) is 6.92 Å². The first kappa shape index (κ1) is 28.3. The molecule has 1 aromatic heterocycles. The Balaban J connectivity index is 1.39. The minimum atomic E-state index is -0.506. The molecule has 5 rings (SSSR count). The number of anilines is 5. The molecule has 218 valence electrons. The number of aromatic nitrogens is 3. The summed E-state index contributed by atoms with van der Waals surface area (Å²) in [6.45, 7) is 4.12. The Bertz CT molecular complexity index is 1360. The van der Waals surface area contributed by atoms with Gasteiger partial charge in [0.1, 0.15) is 11.5 Å². The summed E-state index contributed by atoms with van der Waals surface area (Å²) in [5, 5.41) is 25.6. The topological polar surface area (TPSA) is 231 Å². The maximum atomic E-state index is 12.7. The lowest BCUT2D eigenvalue weighted by Crippen LogP contribution is -2.54. The molecule has 4 atom stereocenters. The summed E-state index contributed by atoms with van der Waals surface area (Å²) < 4.78 is 0. The lowest BCUT2D eigenvalue weighted by molar-refractivity contribution is 0.102. The van der Waals surface area contributed by atoms with E-state index in [4.69, 9.17) is 27.9 Å². The van der Waals surface area contributed by atoms with Crippen molar-refractivity contribution in [2.75, 3.05) is 46.6 Å². The van der Waals surface area contributed by atoms with Gasteiger partial charge in [0.15, 0.2) is 0 Å². The number of piperidine rings is 2. The van der Waals surface area contributed by atoms with Crippen molar-refractivity contribution >= 4 is 35.1 Å². The quantitative estimate of drug-likeness (QED) is 0.202. The fourth-order valence-electron chi connectivity index (χ4n) is 5.29. The molecule has 0 spiro atoms. The Hall–Kier alpha value is -4.24. The first-order valence-corrected chi connectivity index (χ1v) is 13.5. The predicted octanol–water partition coefficient (Wildman–Crippen LogP) is 0.317. The van der Waals surface area contributed by atoms with Crippen LogP contribution in [0.25, 0.3) is 0 Å². The first-order valence-electron chi connectivity index (χ1n) is 13.5. The molecular formula is C27H37N11O3. The normalized spacial score (nSPS) is 22.9. The highest BCUT2D eigenvalue weighted by atomic mass is 16.3. The molecule has 2 aliphatic heterocycles. The van der Waals surface area contributed by atoms with Crippen LogP contribution in [0.1, 0.15) is 28.8 Å². The van der Waals surface area contributed by atoms with E-state index in [-0.39, 0.29) is 41.2 Å². The van der Waals surface area contributed by atoms with Gasteiger partial charge in [-0.15, -0.1) is 0 Å². The minimum Gasteiger partial charge on any atom is -0.508 e. The fraction of sp³-hybridized carbons (Fsp3) is 0.407. The third-order valence-corrected chi connectivity index (χ3v) is 7.16. The molecule has 1 amide bonds. The average molecular weight is 564 g/mol. The second kappa shape index (κ2) is 11.7. The smallest absolute Gasteiger partial charge is 0.259 e. The minimum absolute atomic E-state index is 0.0453. The number of carbonyl (C=O) groups excluding carboxylic acids is 1. The largest absolute Gasteiger partial charge is 0.508 e. The summed E-state index contributed by atoms with van der Waals surface area (Å²) in [5.41, 5.74) is 27.0. The molecule has 41 heavy (non-hydrogen) atoms. The number of rotatable bonds is 6. The number of hydrogen-bond donors (Lipinski definition) is 8. The van der Waals surface area contributed by atoms with E-state index in [0.29, 0.717) is 55.4 Å². The zero-order valence-corrected chi connectivity index (χ0v) is 22.9. The van der Waals surface area contributed by atoms with Gasteiger partial charge in [-0.2, -0.15) is 15.0 Å². The Labute approximate surface area is 237 Å². The summed E-state index contributed by atoms with van der Waals surface area (Å²) in [5.74, 6) is 0.304. The van der Waals surface area contributed by atoms with Crippen molar-refractivity contribution in [1.82, 2.24) is 15.0 Å². The second-order valence-corrected chi connectivity index (χ2v) is 10.9. The van der Waals surface area contributed by atoms with Crippen LogP contribution in [0.3, 0.4) is 0 Å². The number of hydrogen-bond acceptors (Lipinski definition) is 13. The number of nitrogens with one attached hydrogen (secondary N) is 2. The van der Waals surface area contributed by atoms with Crippen molar-refractivity contribution in [3.63, 3.8) is 0 Å². The van der Waals surface area contributed by atoms with Crippen molar-refractivity contribution in [3.8, 4) is 11.5 Å². The van der Waals surface area contributed by atoms with E-state index in [1.54, 1.807) is 12.1 Å². The molecule has 14 nitrogen and oxygen atoms in total. The van der Waals surface area contributed by atoms with Crippen LogP contribution in [0.2, 0.25) is 0 Å². The lowest BCUT2D eigenvalue weighted by Gasteiger charge is -2.37. The van der Waals surface area contributed by atoms with E-state index < -0.39 is 5.91 Å².